The van der Waals surface area contributed by atoms with Crippen molar-refractivity contribution in [2.24, 2.45) is 16.7 Å². The van der Waals surface area contributed by atoms with E-state index in [1.807, 2.05) is 20.8 Å². The summed E-state index contributed by atoms with van der Waals surface area (Å²) in [6.45, 7) is 6.53. The van der Waals surface area contributed by atoms with E-state index in [0.29, 0.717) is 19.4 Å². The Labute approximate surface area is 108 Å². The molecule has 4 nitrogen and oxygen atoms in total. The first-order valence-electron chi connectivity index (χ1n) is 6.80. The molecule has 1 aliphatic heterocycles. The third-order valence-corrected chi connectivity index (χ3v) is 4.92. The van der Waals surface area contributed by atoms with Gasteiger partial charge >= 0.3 is 0 Å². The van der Waals surface area contributed by atoms with Gasteiger partial charge in [-0.15, -0.1) is 0 Å². The molecule has 1 unspecified atom stereocenters. The average molecular weight is 253 g/mol. The maximum atomic E-state index is 12.4. The Morgan fingerprint density at radius 3 is 2.33 bits per heavy atom. The molecular formula is C14H23NO3. The van der Waals surface area contributed by atoms with E-state index in [2.05, 4.69) is 0 Å². The number of likely N-dealkylation sites (tertiary alicyclic amines) is 1. The van der Waals surface area contributed by atoms with E-state index in [0.717, 1.165) is 12.8 Å². The number of carbonyl (C=O) groups is 2. The predicted molar refractivity (Wildman–Crippen MR) is 67.7 cm³/mol. The van der Waals surface area contributed by atoms with Crippen LogP contribution in [0.2, 0.25) is 0 Å². The van der Waals surface area contributed by atoms with Crippen molar-refractivity contribution in [2.75, 3.05) is 13.2 Å². The second-order valence-electron chi connectivity index (χ2n) is 6.51. The molecule has 2 fully saturated rings. The van der Waals surface area contributed by atoms with Gasteiger partial charge in [-0.3, -0.25) is 14.5 Å². The van der Waals surface area contributed by atoms with Crippen LogP contribution in [0.15, 0.2) is 0 Å². The smallest absolute Gasteiger partial charge is 0.235 e. The van der Waals surface area contributed by atoms with E-state index in [-0.39, 0.29) is 29.8 Å². The number of nitrogens with zero attached hydrogens (tertiary/aromatic N) is 1. The van der Waals surface area contributed by atoms with Gasteiger partial charge in [-0.05, 0) is 37.5 Å². The van der Waals surface area contributed by atoms with E-state index in [1.165, 1.54) is 4.90 Å². The van der Waals surface area contributed by atoms with E-state index in [9.17, 15) is 9.59 Å². The quantitative estimate of drug-likeness (QED) is 0.757. The van der Waals surface area contributed by atoms with Crippen LogP contribution < -0.4 is 0 Å². The van der Waals surface area contributed by atoms with Crippen molar-refractivity contribution < 1.29 is 14.7 Å². The summed E-state index contributed by atoms with van der Waals surface area (Å²) in [6, 6.07) is 0. The Balaban J connectivity index is 2.11. The SMILES string of the molecule is CC(C)C1(C)CC(=O)N(CC2(CCO)CC2)C1=O. The number of amides is 2. The van der Waals surface area contributed by atoms with Gasteiger partial charge < -0.3 is 5.11 Å². The third-order valence-electron chi connectivity index (χ3n) is 4.92. The number of imide groups is 1. The van der Waals surface area contributed by atoms with Crippen LogP contribution in [-0.2, 0) is 9.59 Å². The molecule has 18 heavy (non-hydrogen) atoms. The molecule has 0 aromatic heterocycles. The fourth-order valence-corrected chi connectivity index (χ4v) is 2.75. The lowest BCUT2D eigenvalue weighted by atomic mass is 9.78. The monoisotopic (exact) mass is 253 g/mol. The summed E-state index contributed by atoms with van der Waals surface area (Å²) in [4.78, 5) is 25.9. The third kappa shape index (κ3) is 2.07. The van der Waals surface area contributed by atoms with Crippen molar-refractivity contribution >= 4 is 11.8 Å². The van der Waals surface area contributed by atoms with Crippen LogP contribution in [0.3, 0.4) is 0 Å². The molecule has 0 aromatic carbocycles. The zero-order chi connectivity index (χ0) is 13.6. The Hall–Kier alpha value is -0.900. The lowest BCUT2D eigenvalue weighted by Crippen LogP contribution is -2.40. The van der Waals surface area contributed by atoms with Gasteiger partial charge in [0.25, 0.3) is 0 Å². The molecule has 102 valence electrons. The normalized spacial score (nSPS) is 30.4. The van der Waals surface area contributed by atoms with Gasteiger partial charge in [0, 0.05) is 19.6 Å². The molecule has 0 aromatic rings. The molecule has 2 rings (SSSR count). The largest absolute Gasteiger partial charge is 0.396 e. The van der Waals surface area contributed by atoms with E-state index < -0.39 is 5.41 Å². The van der Waals surface area contributed by atoms with E-state index in [4.69, 9.17) is 5.11 Å². The first kappa shape index (κ1) is 13.5. The summed E-state index contributed by atoms with van der Waals surface area (Å²) >= 11 is 0. The van der Waals surface area contributed by atoms with Gasteiger partial charge in [0.05, 0.1) is 5.41 Å². The van der Waals surface area contributed by atoms with Gasteiger partial charge in [0.2, 0.25) is 11.8 Å². The lowest BCUT2D eigenvalue weighted by molar-refractivity contribution is -0.143. The molecule has 1 aliphatic carbocycles. The number of rotatable bonds is 5. The molecule has 1 heterocycles. The van der Waals surface area contributed by atoms with Crippen molar-refractivity contribution in [1.82, 2.24) is 4.90 Å². The fourth-order valence-electron chi connectivity index (χ4n) is 2.75. The fraction of sp³-hybridized carbons (Fsp3) is 0.857. The Morgan fingerprint density at radius 1 is 1.33 bits per heavy atom. The number of aliphatic hydroxyl groups excluding tert-OH is 1. The number of hydrogen-bond donors (Lipinski definition) is 1. The lowest BCUT2D eigenvalue weighted by Gasteiger charge is -2.27. The summed E-state index contributed by atoms with van der Waals surface area (Å²) in [5.74, 6) is 0.110. The highest BCUT2D eigenvalue weighted by atomic mass is 16.3. The summed E-state index contributed by atoms with van der Waals surface area (Å²) in [6.07, 6.45) is 3.06. The minimum atomic E-state index is -0.535. The van der Waals surface area contributed by atoms with Crippen LogP contribution in [0.25, 0.3) is 0 Å². The molecule has 1 saturated carbocycles. The molecule has 2 amide bonds. The maximum absolute atomic E-state index is 12.4. The Kier molecular flexibility index (Phi) is 3.26. The Morgan fingerprint density at radius 2 is 1.94 bits per heavy atom. The molecular weight excluding hydrogens is 230 g/mol. The molecule has 0 bridgehead atoms. The van der Waals surface area contributed by atoms with Crippen molar-refractivity contribution in [3.05, 3.63) is 0 Å². The van der Waals surface area contributed by atoms with Gasteiger partial charge in [0.1, 0.15) is 0 Å². The van der Waals surface area contributed by atoms with Crippen LogP contribution in [0.5, 0.6) is 0 Å². The van der Waals surface area contributed by atoms with E-state index >= 15 is 0 Å². The van der Waals surface area contributed by atoms with Crippen molar-refractivity contribution in [2.45, 2.75) is 46.5 Å². The molecule has 0 radical (unpaired) electrons. The van der Waals surface area contributed by atoms with Crippen LogP contribution in [0.4, 0.5) is 0 Å². The zero-order valence-electron chi connectivity index (χ0n) is 11.5. The minimum absolute atomic E-state index is 0.0162. The molecule has 0 spiro atoms. The molecule has 4 heteroatoms. The van der Waals surface area contributed by atoms with Gasteiger partial charge in [-0.25, -0.2) is 0 Å². The predicted octanol–water partition coefficient (Wildman–Crippen LogP) is 1.57. The number of carbonyl (C=O) groups excluding carboxylic acids is 2. The molecule has 2 aliphatic rings. The summed E-state index contributed by atoms with van der Waals surface area (Å²) < 4.78 is 0. The first-order chi connectivity index (χ1) is 8.34. The molecule has 1 atom stereocenters. The van der Waals surface area contributed by atoms with Crippen LogP contribution in [0, 0.1) is 16.7 Å². The van der Waals surface area contributed by atoms with Crippen molar-refractivity contribution in [3.63, 3.8) is 0 Å². The second kappa shape index (κ2) is 4.34. The zero-order valence-corrected chi connectivity index (χ0v) is 11.5. The van der Waals surface area contributed by atoms with Gasteiger partial charge in [-0.2, -0.15) is 0 Å². The van der Waals surface area contributed by atoms with E-state index in [1.54, 1.807) is 0 Å². The van der Waals surface area contributed by atoms with Gasteiger partial charge in [-0.1, -0.05) is 13.8 Å². The Bertz CT molecular complexity index is 373. The molecule has 1 N–H and O–H groups in total. The summed E-state index contributed by atoms with van der Waals surface area (Å²) in [7, 11) is 0. The number of aliphatic hydroxyl groups is 1. The van der Waals surface area contributed by atoms with Crippen molar-refractivity contribution in [1.29, 1.82) is 0 Å². The number of hydrogen-bond acceptors (Lipinski definition) is 3. The van der Waals surface area contributed by atoms with Crippen LogP contribution in [0.1, 0.15) is 46.5 Å². The highest BCUT2D eigenvalue weighted by Gasteiger charge is 2.53. The topological polar surface area (TPSA) is 57.6 Å². The van der Waals surface area contributed by atoms with Crippen molar-refractivity contribution in [3.8, 4) is 0 Å². The standard InChI is InChI=1S/C14H23NO3/c1-10(2)13(3)8-11(17)15(12(13)18)9-14(4-5-14)6-7-16/h10,16H,4-9H2,1-3H3. The highest BCUT2D eigenvalue weighted by Crippen LogP contribution is 2.51. The average Bonchev–Trinajstić information content (AvgIpc) is 3.00. The van der Waals surface area contributed by atoms with Crippen LogP contribution >= 0.6 is 0 Å². The highest BCUT2D eigenvalue weighted by molar-refractivity contribution is 6.05. The van der Waals surface area contributed by atoms with Gasteiger partial charge in [0.15, 0.2) is 0 Å². The maximum Gasteiger partial charge on any atom is 0.235 e. The first-order valence-corrected chi connectivity index (χ1v) is 6.80. The summed E-state index contributed by atoms with van der Waals surface area (Å²) in [5, 5.41) is 9.05. The minimum Gasteiger partial charge on any atom is -0.396 e. The molecule has 1 saturated heterocycles. The summed E-state index contributed by atoms with van der Waals surface area (Å²) in [5.41, 5.74) is -0.519. The van der Waals surface area contributed by atoms with Crippen LogP contribution in [-0.4, -0.2) is 35.0 Å². The second-order valence-corrected chi connectivity index (χ2v) is 6.51.